The van der Waals surface area contributed by atoms with Crippen LogP contribution >= 0.6 is 23.4 Å². The maximum absolute atomic E-state index is 12.3. The summed E-state index contributed by atoms with van der Waals surface area (Å²) in [6.45, 7) is 0.202. The number of hydrogen-bond donors (Lipinski definition) is 0. The summed E-state index contributed by atoms with van der Waals surface area (Å²) in [6, 6.07) is 0. The zero-order chi connectivity index (χ0) is 6.85. The zero-order valence-corrected chi connectivity index (χ0v) is 5.82. The molecule has 0 radical (unpaired) electrons. The number of halogens is 3. The highest BCUT2D eigenvalue weighted by Gasteiger charge is 2.09. The van der Waals surface area contributed by atoms with E-state index in [1.807, 2.05) is 0 Å². The Labute approximate surface area is 61.7 Å². The van der Waals surface area contributed by atoms with Crippen LogP contribution in [0.5, 0.6) is 0 Å². The summed E-state index contributed by atoms with van der Waals surface area (Å²) in [6.07, 6.45) is 1.08. The fourth-order valence-corrected chi connectivity index (χ4v) is 0.664. The number of nitrogens with zero attached hydrogens (tertiary/aromatic N) is 2. The van der Waals surface area contributed by atoms with Crippen LogP contribution in [0.25, 0.3) is 0 Å². The first-order valence-electron chi connectivity index (χ1n) is 2.20. The van der Waals surface area contributed by atoms with Gasteiger partial charge in [0.1, 0.15) is 6.67 Å². The van der Waals surface area contributed by atoms with Crippen molar-refractivity contribution >= 4 is 28.5 Å². The van der Waals surface area contributed by atoms with Gasteiger partial charge < -0.3 is 0 Å². The highest BCUT2D eigenvalue weighted by atomic mass is 35.5. The van der Waals surface area contributed by atoms with E-state index in [0.717, 1.165) is 10.6 Å². The lowest BCUT2D eigenvalue weighted by Crippen LogP contribution is -2.11. The molecule has 0 spiro atoms. The van der Waals surface area contributed by atoms with Crippen molar-refractivity contribution in [3.05, 3.63) is 12.0 Å². The monoisotopic (exact) mass is 168 g/mol. The summed E-state index contributed by atoms with van der Waals surface area (Å²) in [5, 5.41) is -0.119. The Morgan fingerprint density at radius 1 is 1.78 bits per heavy atom. The van der Waals surface area contributed by atoms with E-state index in [9.17, 15) is 4.39 Å². The van der Waals surface area contributed by atoms with Gasteiger partial charge in [0.25, 0.3) is 0 Å². The molecule has 1 rings (SSSR count). The Morgan fingerprint density at radius 3 is 2.89 bits per heavy atom. The summed E-state index contributed by atoms with van der Waals surface area (Å²) in [4.78, 5) is 3.52. The number of aliphatic imine (C=N–C) groups is 1. The third-order valence-electron chi connectivity index (χ3n) is 0.795. The highest BCUT2D eigenvalue weighted by Crippen LogP contribution is 2.13. The molecule has 0 aromatic heterocycles. The molecule has 0 saturated heterocycles. The van der Waals surface area contributed by atoms with Gasteiger partial charge in [0, 0.05) is 11.8 Å². The highest BCUT2D eigenvalue weighted by molar-refractivity contribution is 6.69. The quantitative estimate of drug-likeness (QED) is 0.505. The van der Waals surface area contributed by atoms with E-state index in [-0.39, 0.29) is 11.8 Å². The molecular weight excluding hydrogens is 166 g/mol. The van der Waals surface area contributed by atoms with Gasteiger partial charge in [-0.25, -0.2) is 9.38 Å². The molecule has 0 unspecified atom stereocenters. The molecular formula is C4H3Cl2FN2. The number of hydrogen-bond acceptors (Lipinski definition) is 2. The summed E-state index contributed by atoms with van der Waals surface area (Å²) in [5.74, 6) is -0.599. The molecule has 0 N–H and O–H groups in total. The molecule has 50 valence electrons. The summed E-state index contributed by atoms with van der Waals surface area (Å²) in [5.41, 5.74) is 0. The minimum absolute atomic E-state index is 0.119. The fraction of sp³-hybridized carbons (Fsp3) is 0.250. The SMILES string of the molecule is FC1=CN(Cl)CN=C1Cl. The minimum Gasteiger partial charge on any atom is -0.268 e. The van der Waals surface area contributed by atoms with Gasteiger partial charge in [0.05, 0.1) is 6.20 Å². The Morgan fingerprint density at radius 2 is 2.44 bits per heavy atom. The Kier molecular flexibility index (Phi) is 1.93. The van der Waals surface area contributed by atoms with E-state index in [4.69, 9.17) is 23.4 Å². The van der Waals surface area contributed by atoms with E-state index in [0.29, 0.717) is 0 Å². The molecule has 0 aromatic carbocycles. The predicted octanol–water partition coefficient (Wildman–Crippen LogP) is 1.86. The Balaban J connectivity index is 2.75. The maximum Gasteiger partial charge on any atom is 0.177 e. The standard InChI is InChI=1S/C4H3Cl2FN2/c5-4-3(7)1-9(6)2-8-4/h1H,2H2. The molecule has 0 fully saturated rings. The topological polar surface area (TPSA) is 15.6 Å². The van der Waals surface area contributed by atoms with Crippen molar-refractivity contribution in [2.24, 2.45) is 4.99 Å². The fourth-order valence-electron chi connectivity index (χ4n) is 0.422. The van der Waals surface area contributed by atoms with Crippen molar-refractivity contribution in [1.29, 1.82) is 0 Å². The summed E-state index contributed by atoms with van der Waals surface area (Å²) in [7, 11) is 0. The first-order valence-corrected chi connectivity index (χ1v) is 2.92. The lowest BCUT2D eigenvalue weighted by Gasteiger charge is -2.11. The second kappa shape index (κ2) is 2.54. The first kappa shape index (κ1) is 6.83. The van der Waals surface area contributed by atoms with Crippen LogP contribution in [0.15, 0.2) is 17.0 Å². The van der Waals surface area contributed by atoms with Crippen molar-refractivity contribution in [2.45, 2.75) is 0 Å². The minimum atomic E-state index is -0.599. The molecule has 1 heterocycles. The summed E-state index contributed by atoms with van der Waals surface area (Å²) < 4.78 is 13.4. The van der Waals surface area contributed by atoms with Gasteiger partial charge in [0.15, 0.2) is 11.0 Å². The molecule has 5 heteroatoms. The van der Waals surface area contributed by atoms with Crippen molar-refractivity contribution in [3.63, 3.8) is 0 Å². The average Bonchev–Trinajstić information content (AvgIpc) is 1.80. The number of rotatable bonds is 0. The van der Waals surface area contributed by atoms with Crippen LogP contribution in [0.2, 0.25) is 0 Å². The van der Waals surface area contributed by atoms with Crippen molar-refractivity contribution < 1.29 is 4.39 Å². The average molecular weight is 169 g/mol. The molecule has 0 amide bonds. The van der Waals surface area contributed by atoms with E-state index in [1.165, 1.54) is 0 Å². The summed E-state index contributed by atoms with van der Waals surface area (Å²) >= 11 is 10.6. The van der Waals surface area contributed by atoms with Gasteiger partial charge in [-0.3, -0.25) is 4.42 Å². The second-order valence-electron chi connectivity index (χ2n) is 1.47. The van der Waals surface area contributed by atoms with Gasteiger partial charge in [-0.05, 0) is 0 Å². The third-order valence-corrected chi connectivity index (χ3v) is 1.30. The second-order valence-corrected chi connectivity index (χ2v) is 2.26. The smallest absolute Gasteiger partial charge is 0.177 e. The van der Waals surface area contributed by atoms with Gasteiger partial charge in [0.2, 0.25) is 0 Å². The molecule has 0 saturated carbocycles. The molecule has 1 aliphatic rings. The maximum atomic E-state index is 12.3. The van der Waals surface area contributed by atoms with Crippen LogP contribution in [0.1, 0.15) is 0 Å². The zero-order valence-electron chi connectivity index (χ0n) is 4.31. The number of allylic oxidation sites excluding steroid dienone is 1. The van der Waals surface area contributed by atoms with Gasteiger partial charge in [-0.1, -0.05) is 11.6 Å². The molecule has 1 aliphatic heterocycles. The van der Waals surface area contributed by atoms with E-state index < -0.39 is 5.83 Å². The van der Waals surface area contributed by atoms with Crippen LogP contribution in [0, 0.1) is 0 Å². The van der Waals surface area contributed by atoms with Crippen LogP contribution in [-0.2, 0) is 0 Å². The van der Waals surface area contributed by atoms with Crippen LogP contribution < -0.4 is 0 Å². The van der Waals surface area contributed by atoms with E-state index in [2.05, 4.69) is 4.99 Å². The van der Waals surface area contributed by atoms with Gasteiger partial charge in [-0.15, -0.1) is 0 Å². The lowest BCUT2D eigenvalue weighted by molar-refractivity contribution is 0.564. The molecule has 9 heavy (non-hydrogen) atoms. The van der Waals surface area contributed by atoms with Crippen molar-refractivity contribution in [2.75, 3.05) is 6.67 Å². The van der Waals surface area contributed by atoms with E-state index >= 15 is 0 Å². The van der Waals surface area contributed by atoms with Crippen molar-refractivity contribution in [1.82, 2.24) is 4.42 Å². The lowest BCUT2D eigenvalue weighted by atomic mass is 10.5. The van der Waals surface area contributed by atoms with Crippen LogP contribution in [-0.4, -0.2) is 16.3 Å². The normalized spacial score (nSPS) is 19.2. The Bertz CT molecular complexity index is 177. The van der Waals surface area contributed by atoms with E-state index in [1.54, 1.807) is 0 Å². The molecule has 0 bridgehead atoms. The van der Waals surface area contributed by atoms with Crippen LogP contribution in [0.4, 0.5) is 4.39 Å². The molecule has 0 atom stereocenters. The van der Waals surface area contributed by atoms with Gasteiger partial charge in [-0.2, -0.15) is 0 Å². The molecule has 0 aromatic rings. The predicted molar refractivity (Wildman–Crippen MR) is 35.0 cm³/mol. The van der Waals surface area contributed by atoms with Crippen LogP contribution in [0.3, 0.4) is 0 Å². The molecule has 0 aliphatic carbocycles. The van der Waals surface area contributed by atoms with Crippen molar-refractivity contribution in [3.8, 4) is 0 Å². The van der Waals surface area contributed by atoms with Gasteiger partial charge >= 0.3 is 0 Å². The largest absolute Gasteiger partial charge is 0.268 e. The first-order chi connectivity index (χ1) is 4.20. The molecule has 2 nitrogen and oxygen atoms in total. The Hall–Kier alpha value is -0.280. The third kappa shape index (κ3) is 1.56.